The molecule has 148 valence electrons. The highest BCUT2D eigenvalue weighted by atomic mass is 16.6. The minimum Gasteiger partial charge on any atom is -0.397 e. The van der Waals surface area contributed by atoms with E-state index < -0.39 is 0 Å². The Morgan fingerprint density at radius 1 is 1.36 bits per heavy atom. The summed E-state index contributed by atoms with van der Waals surface area (Å²) in [5.41, 5.74) is 14.1. The third-order valence-electron chi connectivity index (χ3n) is 5.40. The Morgan fingerprint density at radius 3 is 2.82 bits per heavy atom. The SMILES string of the molecule is C/C=C(\CCC)C(CC1=CC2C=NNC2C=C1)c1ccc(/C(N)=N/OC)cc1. The molecule has 3 atom stereocenters. The van der Waals surface area contributed by atoms with E-state index in [9.17, 15) is 0 Å². The number of allylic oxidation sites excluding steroid dienone is 4. The summed E-state index contributed by atoms with van der Waals surface area (Å²) in [5, 5.41) is 8.03. The Morgan fingerprint density at radius 2 is 2.14 bits per heavy atom. The summed E-state index contributed by atoms with van der Waals surface area (Å²) in [5.74, 6) is 1.09. The second-order valence-corrected chi connectivity index (χ2v) is 7.26. The van der Waals surface area contributed by atoms with Gasteiger partial charge in [-0.1, -0.05) is 78.2 Å². The number of oxime groups is 1. The molecule has 3 unspecified atom stereocenters. The largest absolute Gasteiger partial charge is 0.397 e. The van der Waals surface area contributed by atoms with Gasteiger partial charge in [-0.2, -0.15) is 5.10 Å². The molecule has 0 saturated carbocycles. The first-order valence-corrected chi connectivity index (χ1v) is 9.95. The Labute approximate surface area is 167 Å². The molecule has 3 N–H and O–H groups in total. The maximum atomic E-state index is 5.94. The molecule has 5 heteroatoms. The molecule has 0 amide bonds. The van der Waals surface area contributed by atoms with Crippen LogP contribution in [0.4, 0.5) is 0 Å². The van der Waals surface area contributed by atoms with Gasteiger partial charge >= 0.3 is 0 Å². The van der Waals surface area contributed by atoms with E-state index in [1.165, 1.54) is 23.8 Å². The van der Waals surface area contributed by atoms with Crippen molar-refractivity contribution in [3.8, 4) is 0 Å². The maximum Gasteiger partial charge on any atom is 0.170 e. The molecule has 1 aliphatic carbocycles. The van der Waals surface area contributed by atoms with Gasteiger partial charge in [0.05, 0.1) is 6.04 Å². The number of hydrazone groups is 1. The number of amidine groups is 1. The van der Waals surface area contributed by atoms with Gasteiger partial charge in [0.25, 0.3) is 0 Å². The minimum atomic E-state index is 0.307. The average molecular weight is 379 g/mol. The Hall–Kier alpha value is -2.82. The molecule has 5 nitrogen and oxygen atoms in total. The molecule has 0 saturated heterocycles. The van der Waals surface area contributed by atoms with Crippen LogP contribution >= 0.6 is 0 Å². The van der Waals surface area contributed by atoms with Gasteiger partial charge in [-0.15, -0.1) is 0 Å². The van der Waals surface area contributed by atoms with E-state index in [1.54, 1.807) is 0 Å². The smallest absolute Gasteiger partial charge is 0.170 e. The Bertz CT molecular complexity index is 818. The highest BCUT2D eigenvalue weighted by Gasteiger charge is 2.25. The van der Waals surface area contributed by atoms with Crippen LogP contribution in [0.1, 0.15) is 50.2 Å². The van der Waals surface area contributed by atoms with Crippen molar-refractivity contribution in [1.29, 1.82) is 0 Å². The van der Waals surface area contributed by atoms with Crippen molar-refractivity contribution in [1.82, 2.24) is 5.43 Å². The summed E-state index contributed by atoms with van der Waals surface area (Å²) in [6, 6.07) is 8.67. The van der Waals surface area contributed by atoms with Crippen LogP contribution in [0.15, 0.2) is 70.0 Å². The second-order valence-electron chi connectivity index (χ2n) is 7.26. The molecule has 1 aliphatic heterocycles. The van der Waals surface area contributed by atoms with Crippen LogP contribution in [0.2, 0.25) is 0 Å². The number of rotatable bonds is 8. The van der Waals surface area contributed by atoms with Gasteiger partial charge in [0.2, 0.25) is 0 Å². The fourth-order valence-corrected chi connectivity index (χ4v) is 3.92. The third-order valence-corrected chi connectivity index (χ3v) is 5.40. The van der Waals surface area contributed by atoms with Gasteiger partial charge in [0, 0.05) is 23.6 Å². The fraction of sp³-hybridized carbons (Fsp3) is 0.391. The summed E-state index contributed by atoms with van der Waals surface area (Å²) in [4.78, 5) is 4.78. The van der Waals surface area contributed by atoms with E-state index in [4.69, 9.17) is 10.6 Å². The van der Waals surface area contributed by atoms with E-state index in [-0.39, 0.29) is 0 Å². The summed E-state index contributed by atoms with van der Waals surface area (Å²) in [6.07, 6.45) is 14.3. The molecule has 2 aliphatic rings. The molecule has 0 bridgehead atoms. The molecule has 1 aromatic carbocycles. The highest BCUT2D eigenvalue weighted by molar-refractivity contribution is 5.97. The fourth-order valence-electron chi connectivity index (χ4n) is 3.92. The normalized spacial score (nSPS) is 22.5. The molecule has 0 spiro atoms. The van der Waals surface area contributed by atoms with Crippen molar-refractivity contribution in [2.75, 3.05) is 7.11 Å². The van der Waals surface area contributed by atoms with Crippen LogP contribution in [0.5, 0.6) is 0 Å². The number of fused-ring (bicyclic) bond motifs is 1. The van der Waals surface area contributed by atoms with Crippen LogP contribution < -0.4 is 11.2 Å². The topological polar surface area (TPSA) is 72.0 Å². The highest BCUT2D eigenvalue weighted by Crippen LogP contribution is 2.35. The zero-order chi connectivity index (χ0) is 19.9. The molecule has 1 aromatic rings. The average Bonchev–Trinajstić information content (AvgIpc) is 3.19. The van der Waals surface area contributed by atoms with Crippen molar-refractivity contribution in [3.63, 3.8) is 0 Å². The van der Waals surface area contributed by atoms with Crippen LogP contribution in [0.25, 0.3) is 0 Å². The molecule has 0 aromatic heterocycles. The first kappa shape index (κ1) is 19.9. The van der Waals surface area contributed by atoms with Crippen LogP contribution in [-0.2, 0) is 4.84 Å². The third kappa shape index (κ3) is 4.53. The predicted octanol–water partition coefficient (Wildman–Crippen LogP) is 4.24. The van der Waals surface area contributed by atoms with Crippen molar-refractivity contribution in [2.45, 2.75) is 45.1 Å². The van der Waals surface area contributed by atoms with E-state index in [0.717, 1.165) is 24.8 Å². The first-order chi connectivity index (χ1) is 13.7. The van der Waals surface area contributed by atoms with Gasteiger partial charge < -0.3 is 16.0 Å². The summed E-state index contributed by atoms with van der Waals surface area (Å²) in [7, 11) is 1.50. The lowest BCUT2D eigenvalue weighted by Gasteiger charge is -2.24. The molecule has 3 rings (SSSR count). The van der Waals surface area contributed by atoms with Crippen molar-refractivity contribution < 1.29 is 4.84 Å². The summed E-state index contributed by atoms with van der Waals surface area (Å²) >= 11 is 0. The van der Waals surface area contributed by atoms with Crippen LogP contribution in [0.3, 0.4) is 0 Å². The van der Waals surface area contributed by atoms with Crippen molar-refractivity contribution in [3.05, 3.63) is 70.8 Å². The van der Waals surface area contributed by atoms with Gasteiger partial charge in [0.15, 0.2) is 5.84 Å². The zero-order valence-electron chi connectivity index (χ0n) is 16.9. The summed E-state index contributed by atoms with van der Waals surface area (Å²) < 4.78 is 0. The number of nitrogens with two attached hydrogens (primary N) is 1. The van der Waals surface area contributed by atoms with Crippen molar-refractivity contribution in [2.24, 2.45) is 21.9 Å². The van der Waals surface area contributed by atoms with Crippen LogP contribution in [0, 0.1) is 5.92 Å². The number of nitrogens with one attached hydrogen (secondary N) is 1. The molecule has 0 radical (unpaired) electrons. The summed E-state index contributed by atoms with van der Waals surface area (Å²) in [6.45, 7) is 4.38. The molecular formula is C23H30N4O. The van der Waals surface area contributed by atoms with Gasteiger partial charge in [-0.05, 0) is 25.3 Å². The van der Waals surface area contributed by atoms with Crippen molar-refractivity contribution >= 4 is 12.1 Å². The van der Waals surface area contributed by atoms with E-state index in [0.29, 0.717) is 23.7 Å². The number of nitrogens with zero attached hydrogens (tertiary/aromatic N) is 2. The lowest BCUT2D eigenvalue weighted by molar-refractivity contribution is 0.213. The standard InChI is InChI=1S/C23H30N4O/c1-4-6-17(5-2)21(14-16-7-12-22-20(13-16)15-25-26-22)18-8-10-19(11-9-18)23(24)27-28-3/h5,7-13,15,20-22,26H,4,6,14H2,1-3H3,(H2,24,27)/b17-5+. The first-order valence-electron chi connectivity index (χ1n) is 9.95. The number of hydrogen-bond acceptors (Lipinski definition) is 4. The Kier molecular flexibility index (Phi) is 6.69. The molecule has 28 heavy (non-hydrogen) atoms. The van der Waals surface area contributed by atoms with Gasteiger partial charge in [-0.25, -0.2) is 0 Å². The lowest BCUT2D eigenvalue weighted by Crippen LogP contribution is -2.26. The van der Waals surface area contributed by atoms with E-state index >= 15 is 0 Å². The van der Waals surface area contributed by atoms with Gasteiger partial charge in [-0.3, -0.25) is 0 Å². The molecule has 0 fully saturated rings. The maximum absolute atomic E-state index is 5.94. The molecule has 1 heterocycles. The van der Waals surface area contributed by atoms with Gasteiger partial charge in [0.1, 0.15) is 7.11 Å². The lowest BCUT2D eigenvalue weighted by atomic mass is 9.81. The number of hydrogen-bond donors (Lipinski definition) is 2. The minimum absolute atomic E-state index is 0.307. The monoisotopic (exact) mass is 378 g/mol. The van der Waals surface area contributed by atoms with Crippen LogP contribution in [-0.4, -0.2) is 25.2 Å². The quantitative estimate of drug-likeness (QED) is 0.307. The number of benzene rings is 1. The zero-order valence-corrected chi connectivity index (χ0v) is 16.9. The van der Waals surface area contributed by atoms with E-state index in [2.05, 4.69) is 66.0 Å². The second kappa shape index (κ2) is 9.40. The predicted molar refractivity (Wildman–Crippen MR) is 116 cm³/mol. The van der Waals surface area contributed by atoms with E-state index in [1.807, 2.05) is 18.3 Å². The molecular weight excluding hydrogens is 348 g/mol. The Balaban J connectivity index is 1.86.